The number of aromatic hydroxyl groups is 1. The van der Waals surface area contributed by atoms with Gasteiger partial charge in [0.05, 0.1) is 16.1 Å². The number of amidine groups is 1. The quantitative estimate of drug-likeness (QED) is 0.480. The highest BCUT2D eigenvalue weighted by Crippen LogP contribution is 2.31. The number of anilines is 1. The van der Waals surface area contributed by atoms with Crippen LogP contribution in [0.1, 0.15) is 6.92 Å². The summed E-state index contributed by atoms with van der Waals surface area (Å²) in [5, 5.41) is 20.6. The van der Waals surface area contributed by atoms with Crippen LogP contribution < -0.4 is 10.7 Å². The Hall–Kier alpha value is -3.13. The molecule has 0 bridgehead atoms. The van der Waals surface area contributed by atoms with Gasteiger partial charge in [-0.1, -0.05) is 0 Å². The lowest BCUT2D eigenvalue weighted by Crippen LogP contribution is -2.07. The highest BCUT2D eigenvalue weighted by Gasteiger charge is 2.16. The highest BCUT2D eigenvalue weighted by atomic mass is 32.2. The Bertz CT molecular complexity index is 1180. The SMILES string of the molecule is CC(=N)Nc1ccc2oc(-c3ccc(S(C)(=O)=O)cc3)c(O)c(=O)c2c1. The predicted molar refractivity (Wildman–Crippen MR) is 99.7 cm³/mol. The maximum atomic E-state index is 12.5. The van der Waals surface area contributed by atoms with Gasteiger partial charge in [0.2, 0.25) is 11.2 Å². The van der Waals surface area contributed by atoms with Crippen molar-refractivity contribution >= 4 is 32.3 Å². The summed E-state index contributed by atoms with van der Waals surface area (Å²) in [6.07, 6.45) is 1.09. The first-order chi connectivity index (χ1) is 12.2. The van der Waals surface area contributed by atoms with Crippen LogP contribution in [0.25, 0.3) is 22.3 Å². The molecule has 0 radical (unpaired) electrons. The van der Waals surface area contributed by atoms with Crippen LogP contribution in [0, 0.1) is 5.41 Å². The van der Waals surface area contributed by atoms with Gasteiger partial charge in [0.1, 0.15) is 5.58 Å². The first-order valence-corrected chi connectivity index (χ1v) is 9.48. The van der Waals surface area contributed by atoms with Crippen molar-refractivity contribution in [2.75, 3.05) is 11.6 Å². The smallest absolute Gasteiger partial charge is 0.235 e. The van der Waals surface area contributed by atoms with E-state index >= 15 is 0 Å². The lowest BCUT2D eigenvalue weighted by Gasteiger charge is -2.09. The molecule has 134 valence electrons. The summed E-state index contributed by atoms with van der Waals surface area (Å²) < 4.78 is 28.7. The van der Waals surface area contributed by atoms with E-state index in [-0.39, 0.29) is 27.5 Å². The van der Waals surface area contributed by atoms with E-state index in [1.807, 2.05) is 0 Å². The van der Waals surface area contributed by atoms with Crippen LogP contribution in [0.3, 0.4) is 0 Å². The summed E-state index contributed by atoms with van der Waals surface area (Å²) in [5.41, 5.74) is 0.566. The molecule has 2 aromatic carbocycles. The van der Waals surface area contributed by atoms with Crippen molar-refractivity contribution in [3.63, 3.8) is 0 Å². The van der Waals surface area contributed by atoms with Gasteiger partial charge in [0.15, 0.2) is 15.6 Å². The molecule has 3 aromatic rings. The molecule has 1 aromatic heterocycles. The lowest BCUT2D eigenvalue weighted by atomic mass is 10.1. The standard InChI is InChI=1S/C18H16N2O5S/c1-10(19)20-12-5-8-15-14(9-12)16(21)17(22)18(25-15)11-3-6-13(7-4-11)26(2,23)24/h3-9,22H,1-2H3,(H2,19,20). The normalized spacial score (nSPS) is 11.5. The number of fused-ring (bicyclic) bond motifs is 1. The average Bonchev–Trinajstić information content (AvgIpc) is 2.57. The maximum absolute atomic E-state index is 12.5. The number of hydrogen-bond acceptors (Lipinski definition) is 6. The van der Waals surface area contributed by atoms with E-state index < -0.39 is 21.0 Å². The van der Waals surface area contributed by atoms with Crippen LogP contribution in [0.2, 0.25) is 0 Å². The molecule has 0 amide bonds. The van der Waals surface area contributed by atoms with E-state index in [2.05, 4.69) is 5.32 Å². The molecule has 26 heavy (non-hydrogen) atoms. The van der Waals surface area contributed by atoms with Crippen molar-refractivity contribution in [2.24, 2.45) is 0 Å². The van der Waals surface area contributed by atoms with E-state index in [9.17, 15) is 18.3 Å². The zero-order valence-electron chi connectivity index (χ0n) is 14.0. The number of benzene rings is 2. The molecule has 1 heterocycles. The fraction of sp³-hybridized carbons (Fsp3) is 0.111. The molecule has 3 N–H and O–H groups in total. The van der Waals surface area contributed by atoms with Crippen LogP contribution in [0.5, 0.6) is 5.75 Å². The highest BCUT2D eigenvalue weighted by molar-refractivity contribution is 7.90. The fourth-order valence-corrected chi connectivity index (χ4v) is 3.16. The van der Waals surface area contributed by atoms with Gasteiger partial charge < -0.3 is 14.8 Å². The van der Waals surface area contributed by atoms with E-state index in [0.29, 0.717) is 11.3 Å². The van der Waals surface area contributed by atoms with Crippen molar-refractivity contribution in [1.29, 1.82) is 5.41 Å². The minimum absolute atomic E-state index is 0.0357. The van der Waals surface area contributed by atoms with Crippen LogP contribution in [-0.4, -0.2) is 25.6 Å². The molecular weight excluding hydrogens is 356 g/mol. The van der Waals surface area contributed by atoms with E-state index in [1.165, 1.54) is 30.3 Å². The molecule has 0 aliphatic carbocycles. The Morgan fingerprint density at radius 1 is 1.15 bits per heavy atom. The average molecular weight is 372 g/mol. The molecule has 0 aliphatic rings. The third kappa shape index (κ3) is 3.31. The second kappa shape index (κ2) is 6.30. The van der Waals surface area contributed by atoms with Crippen LogP contribution in [-0.2, 0) is 9.84 Å². The molecule has 3 rings (SSSR count). The molecule has 0 atom stereocenters. The zero-order chi connectivity index (χ0) is 19.1. The summed E-state index contributed by atoms with van der Waals surface area (Å²) in [4.78, 5) is 12.6. The molecule has 0 unspecified atom stereocenters. The maximum Gasteiger partial charge on any atom is 0.235 e. The molecule has 0 saturated carbocycles. The van der Waals surface area contributed by atoms with Gasteiger partial charge in [-0.2, -0.15) is 0 Å². The Labute approximate surface area is 149 Å². The van der Waals surface area contributed by atoms with Crippen LogP contribution in [0.4, 0.5) is 5.69 Å². The lowest BCUT2D eigenvalue weighted by molar-refractivity contribution is 0.449. The number of sulfone groups is 1. The van der Waals surface area contributed by atoms with Gasteiger partial charge in [0.25, 0.3) is 0 Å². The zero-order valence-corrected chi connectivity index (χ0v) is 14.8. The van der Waals surface area contributed by atoms with Crippen molar-refractivity contribution in [2.45, 2.75) is 11.8 Å². The minimum Gasteiger partial charge on any atom is -0.502 e. The fourth-order valence-electron chi connectivity index (χ4n) is 2.53. The largest absolute Gasteiger partial charge is 0.502 e. The Morgan fingerprint density at radius 2 is 1.81 bits per heavy atom. The molecule has 0 spiro atoms. The number of rotatable bonds is 3. The van der Waals surface area contributed by atoms with Gasteiger partial charge in [-0.05, 0) is 49.4 Å². The summed E-state index contributed by atoms with van der Waals surface area (Å²) in [7, 11) is -3.35. The summed E-state index contributed by atoms with van der Waals surface area (Å²) in [5.74, 6) is -0.389. The van der Waals surface area contributed by atoms with Crippen molar-refractivity contribution in [3.8, 4) is 17.1 Å². The monoisotopic (exact) mass is 372 g/mol. The molecule has 0 aliphatic heterocycles. The van der Waals surface area contributed by atoms with Crippen LogP contribution in [0.15, 0.2) is 56.6 Å². The third-order valence-corrected chi connectivity index (χ3v) is 4.87. The Balaban J connectivity index is 2.14. The molecular formula is C18H16N2O5S. The Kier molecular flexibility index (Phi) is 4.29. The Morgan fingerprint density at radius 3 is 2.38 bits per heavy atom. The van der Waals surface area contributed by atoms with Gasteiger partial charge >= 0.3 is 0 Å². The second-order valence-corrected chi connectivity index (χ2v) is 7.88. The second-order valence-electron chi connectivity index (χ2n) is 5.87. The predicted octanol–water partition coefficient (Wildman–Crippen LogP) is 2.98. The van der Waals surface area contributed by atoms with Crippen LogP contribution >= 0.6 is 0 Å². The molecule has 0 fully saturated rings. The first kappa shape index (κ1) is 17.7. The topological polar surface area (TPSA) is 120 Å². The van der Waals surface area contributed by atoms with Crippen molar-refractivity contribution < 1.29 is 17.9 Å². The van der Waals surface area contributed by atoms with Gasteiger partial charge in [-0.25, -0.2) is 8.42 Å². The third-order valence-electron chi connectivity index (χ3n) is 3.74. The summed E-state index contributed by atoms with van der Waals surface area (Å²) in [6, 6.07) is 10.4. The summed E-state index contributed by atoms with van der Waals surface area (Å²) >= 11 is 0. The number of hydrogen-bond donors (Lipinski definition) is 3. The first-order valence-electron chi connectivity index (χ1n) is 7.59. The van der Waals surface area contributed by atoms with Crippen molar-refractivity contribution in [3.05, 3.63) is 52.7 Å². The number of nitrogens with one attached hydrogen (secondary N) is 2. The minimum atomic E-state index is -3.35. The summed E-state index contributed by atoms with van der Waals surface area (Å²) in [6.45, 7) is 1.56. The molecule has 0 saturated heterocycles. The van der Waals surface area contributed by atoms with Gasteiger partial charge in [-0.15, -0.1) is 0 Å². The van der Waals surface area contributed by atoms with E-state index in [0.717, 1.165) is 6.26 Å². The van der Waals surface area contributed by atoms with Gasteiger partial charge in [0, 0.05) is 17.5 Å². The van der Waals surface area contributed by atoms with E-state index in [4.69, 9.17) is 9.83 Å². The van der Waals surface area contributed by atoms with Crippen molar-refractivity contribution in [1.82, 2.24) is 0 Å². The van der Waals surface area contributed by atoms with E-state index in [1.54, 1.807) is 19.1 Å². The molecule has 7 nitrogen and oxygen atoms in total. The molecule has 8 heteroatoms. The van der Waals surface area contributed by atoms with Gasteiger partial charge in [-0.3, -0.25) is 10.2 Å².